The second-order valence-corrected chi connectivity index (χ2v) is 9.47. The average molecular weight is 374 g/mol. The van der Waals surface area contributed by atoms with Gasteiger partial charge in [-0.15, -0.1) is 11.3 Å². The van der Waals surface area contributed by atoms with Crippen molar-refractivity contribution in [2.45, 2.75) is 59.1 Å². The third-order valence-corrected chi connectivity index (χ3v) is 5.22. The maximum Gasteiger partial charge on any atom is 0.410 e. The molecule has 3 nitrogen and oxygen atoms in total. The van der Waals surface area contributed by atoms with E-state index in [-0.39, 0.29) is 12.1 Å². The number of thiophene rings is 1. The number of rotatable bonds is 2. The van der Waals surface area contributed by atoms with Crippen molar-refractivity contribution >= 4 is 33.4 Å². The topological polar surface area (TPSA) is 29.5 Å². The summed E-state index contributed by atoms with van der Waals surface area (Å²) in [6, 6.07) is 2.33. The molecule has 21 heavy (non-hydrogen) atoms. The summed E-state index contributed by atoms with van der Waals surface area (Å²) < 4.78 is 6.74. The van der Waals surface area contributed by atoms with Crippen LogP contribution < -0.4 is 0 Å². The van der Waals surface area contributed by atoms with Gasteiger partial charge in [0.05, 0.1) is 9.83 Å². The van der Waals surface area contributed by atoms with Crippen LogP contribution in [0, 0.1) is 5.92 Å². The van der Waals surface area contributed by atoms with Crippen LogP contribution in [0.3, 0.4) is 0 Å². The Balaban J connectivity index is 2.26. The van der Waals surface area contributed by atoms with Crippen LogP contribution >= 0.6 is 27.3 Å². The predicted molar refractivity (Wildman–Crippen MR) is 90.9 cm³/mol. The fourth-order valence-electron chi connectivity index (χ4n) is 2.64. The second-order valence-electron chi connectivity index (χ2n) is 7.01. The minimum atomic E-state index is -0.449. The van der Waals surface area contributed by atoms with Gasteiger partial charge in [0.25, 0.3) is 0 Å². The number of amides is 1. The summed E-state index contributed by atoms with van der Waals surface area (Å²) in [5.74, 6) is 0.534. The maximum atomic E-state index is 12.5. The molecule has 0 aliphatic carbocycles. The molecule has 1 aliphatic heterocycles. The van der Waals surface area contributed by atoms with Gasteiger partial charge >= 0.3 is 6.09 Å². The molecule has 0 saturated carbocycles. The van der Waals surface area contributed by atoms with Gasteiger partial charge in [-0.25, -0.2) is 4.79 Å². The fraction of sp³-hybridized carbons (Fsp3) is 0.688. The van der Waals surface area contributed by atoms with Gasteiger partial charge in [-0.2, -0.15) is 0 Å². The Morgan fingerprint density at radius 1 is 1.52 bits per heavy atom. The van der Waals surface area contributed by atoms with Crippen LogP contribution in [0.5, 0.6) is 0 Å². The highest BCUT2D eigenvalue weighted by atomic mass is 79.9. The Bertz CT molecular complexity index is 519. The van der Waals surface area contributed by atoms with E-state index in [4.69, 9.17) is 4.74 Å². The van der Waals surface area contributed by atoms with Crippen molar-refractivity contribution in [2.24, 2.45) is 5.92 Å². The summed E-state index contributed by atoms with van der Waals surface area (Å²) in [6.07, 6.45) is 1.69. The second kappa shape index (κ2) is 6.29. The van der Waals surface area contributed by atoms with Crippen LogP contribution in [0.1, 0.15) is 57.5 Å². The first kappa shape index (κ1) is 16.8. The molecule has 0 spiro atoms. The molecule has 118 valence electrons. The Morgan fingerprint density at radius 2 is 2.19 bits per heavy atom. The molecule has 0 fully saturated rings. The zero-order chi connectivity index (χ0) is 15.8. The first-order chi connectivity index (χ1) is 9.67. The van der Waals surface area contributed by atoms with Gasteiger partial charge in [-0.05, 0) is 67.1 Å². The minimum absolute atomic E-state index is 0.139. The van der Waals surface area contributed by atoms with E-state index < -0.39 is 5.60 Å². The molecule has 1 unspecified atom stereocenters. The Labute approximate surface area is 139 Å². The van der Waals surface area contributed by atoms with E-state index in [1.165, 1.54) is 10.4 Å². The normalized spacial score (nSPS) is 18.8. The van der Waals surface area contributed by atoms with Crippen LogP contribution in [0.15, 0.2) is 9.85 Å². The molecule has 1 aromatic rings. The van der Waals surface area contributed by atoms with E-state index in [9.17, 15) is 4.79 Å². The first-order valence-electron chi connectivity index (χ1n) is 7.45. The van der Waals surface area contributed by atoms with Crippen LogP contribution in [0.2, 0.25) is 0 Å². The van der Waals surface area contributed by atoms with Crippen LogP contribution in [0.25, 0.3) is 0 Å². The molecular formula is C16H24BrNO2S. The van der Waals surface area contributed by atoms with Crippen molar-refractivity contribution in [3.63, 3.8) is 0 Å². The van der Waals surface area contributed by atoms with Gasteiger partial charge in [0.2, 0.25) is 0 Å². The highest BCUT2D eigenvalue weighted by molar-refractivity contribution is 9.11. The highest BCUT2D eigenvalue weighted by Gasteiger charge is 2.35. The summed E-state index contributed by atoms with van der Waals surface area (Å²) in [4.78, 5) is 15.7. The number of hydrogen-bond acceptors (Lipinski definition) is 3. The number of hydrogen-bond donors (Lipinski definition) is 0. The first-order valence-corrected chi connectivity index (χ1v) is 9.06. The lowest BCUT2D eigenvalue weighted by molar-refractivity contribution is 0.0125. The lowest BCUT2D eigenvalue weighted by Crippen LogP contribution is -2.43. The molecule has 1 aliphatic rings. The van der Waals surface area contributed by atoms with Crippen molar-refractivity contribution in [3.8, 4) is 0 Å². The van der Waals surface area contributed by atoms with Crippen molar-refractivity contribution in [1.29, 1.82) is 0 Å². The maximum absolute atomic E-state index is 12.5. The van der Waals surface area contributed by atoms with Crippen LogP contribution in [-0.4, -0.2) is 23.1 Å². The molecule has 1 atom stereocenters. The van der Waals surface area contributed by atoms with Gasteiger partial charge in [0.15, 0.2) is 0 Å². The van der Waals surface area contributed by atoms with E-state index in [2.05, 4.69) is 35.8 Å². The van der Waals surface area contributed by atoms with Crippen molar-refractivity contribution < 1.29 is 9.53 Å². The molecule has 0 aromatic carbocycles. The lowest BCUT2D eigenvalue weighted by Gasteiger charge is -2.37. The third-order valence-electron chi connectivity index (χ3n) is 3.44. The summed E-state index contributed by atoms with van der Waals surface area (Å²) in [5.41, 5.74) is 0.924. The quantitative estimate of drug-likeness (QED) is 0.695. The van der Waals surface area contributed by atoms with Crippen LogP contribution in [-0.2, 0) is 11.2 Å². The molecule has 1 amide bonds. The molecule has 0 saturated heterocycles. The Hall–Kier alpha value is -0.550. The van der Waals surface area contributed by atoms with E-state index in [1.54, 1.807) is 11.3 Å². The van der Waals surface area contributed by atoms with Crippen molar-refractivity contribution in [1.82, 2.24) is 4.90 Å². The molecule has 0 N–H and O–H groups in total. The van der Waals surface area contributed by atoms with E-state index >= 15 is 0 Å². The molecule has 5 heteroatoms. The average Bonchev–Trinajstić information content (AvgIpc) is 2.67. The number of carbonyl (C=O) groups excluding carboxylic acids is 1. The van der Waals surface area contributed by atoms with Crippen molar-refractivity contribution in [3.05, 3.63) is 20.3 Å². The summed E-state index contributed by atoms with van der Waals surface area (Å²) in [7, 11) is 0. The summed E-state index contributed by atoms with van der Waals surface area (Å²) >= 11 is 5.32. The zero-order valence-electron chi connectivity index (χ0n) is 13.4. The Kier molecular flexibility index (Phi) is 5.03. The number of fused-ring (bicyclic) bond motifs is 1. The standard InChI is InChI=1S/C16H24BrNO2S/c1-10(2)8-12-14-11(9-13(17)21-14)6-7-18(12)15(19)20-16(3,4)5/h9-10,12H,6-8H2,1-5H3. The summed E-state index contributed by atoms with van der Waals surface area (Å²) in [6.45, 7) is 10.9. The van der Waals surface area contributed by atoms with Gasteiger partial charge in [0.1, 0.15) is 5.60 Å². The molecule has 0 bridgehead atoms. The third kappa shape index (κ3) is 4.22. The fourth-order valence-corrected chi connectivity index (χ4v) is 4.51. The van der Waals surface area contributed by atoms with Gasteiger partial charge < -0.3 is 4.74 Å². The Morgan fingerprint density at radius 3 is 2.76 bits per heavy atom. The van der Waals surface area contributed by atoms with E-state index in [0.29, 0.717) is 5.92 Å². The number of ether oxygens (including phenoxy) is 1. The summed E-state index contributed by atoms with van der Waals surface area (Å²) in [5, 5.41) is 0. The number of nitrogens with zero attached hydrogens (tertiary/aromatic N) is 1. The zero-order valence-corrected chi connectivity index (χ0v) is 15.8. The predicted octanol–water partition coefficient (Wildman–Crippen LogP) is 5.39. The smallest absolute Gasteiger partial charge is 0.410 e. The van der Waals surface area contributed by atoms with Gasteiger partial charge in [0, 0.05) is 11.4 Å². The molecule has 2 heterocycles. The molecule has 0 radical (unpaired) electrons. The number of carbonyl (C=O) groups is 1. The van der Waals surface area contributed by atoms with Crippen molar-refractivity contribution in [2.75, 3.05) is 6.54 Å². The van der Waals surface area contributed by atoms with Crippen LogP contribution in [0.4, 0.5) is 4.79 Å². The van der Waals surface area contributed by atoms with E-state index in [1.807, 2.05) is 25.7 Å². The SMILES string of the molecule is CC(C)CC1c2sc(Br)cc2CCN1C(=O)OC(C)(C)C. The van der Waals surface area contributed by atoms with Gasteiger partial charge in [-0.1, -0.05) is 13.8 Å². The van der Waals surface area contributed by atoms with Gasteiger partial charge in [-0.3, -0.25) is 4.90 Å². The monoisotopic (exact) mass is 373 g/mol. The van der Waals surface area contributed by atoms with E-state index in [0.717, 1.165) is 23.2 Å². The highest BCUT2D eigenvalue weighted by Crippen LogP contribution is 2.41. The minimum Gasteiger partial charge on any atom is -0.444 e. The molecule has 2 rings (SSSR count). The number of halogens is 1. The molecular weight excluding hydrogens is 350 g/mol. The largest absolute Gasteiger partial charge is 0.444 e. The lowest BCUT2D eigenvalue weighted by atomic mass is 9.94. The molecule has 1 aromatic heterocycles.